The number of anilines is 1. The third-order valence-electron chi connectivity index (χ3n) is 4.99. The van der Waals surface area contributed by atoms with Crippen molar-refractivity contribution >= 4 is 44.8 Å². The molecule has 140 valence electrons. The first-order valence-electron chi connectivity index (χ1n) is 8.88. The number of amides is 1. The predicted molar refractivity (Wildman–Crippen MR) is 112 cm³/mol. The normalized spacial score (nSPS) is 14.8. The Labute approximate surface area is 171 Å². The van der Waals surface area contributed by atoms with Crippen LogP contribution in [-0.2, 0) is 0 Å². The minimum Gasteiger partial charge on any atom is -0.368 e. The molecule has 3 heterocycles. The molecule has 7 heteroatoms. The molecule has 1 aromatic carbocycles. The Morgan fingerprint density at radius 3 is 2.59 bits per heavy atom. The number of rotatable bonds is 2. The number of pyridine rings is 1. The number of imidazole rings is 1. The molecule has 0 unspecified atom stereocenters. The topological polar surface area (TPSA) is 40.9 Å². The molecule has 0 N–H and O–H groups in total. The summed E-state index contributed by atoms with van der Waals surface area (Å²) in [4.78, 5) is 22.0. The highest BCUT2D eigenvalue weighted by molar-refractivity contribution is 9.10. The van der Waals surface area contributed by atoms with E-state index in [2.05, 4.69) is 31.9 Å². The second-order valence-corrected chi connectivity index (χ2v) is 8.19. The SMILES string of the molecule is Cc1nc2c(C)cc(Br)cn2c1C(=O)N1CCN(c2cccc(Cl)c2)CC1. The first-order chi connectivity index (χ1) is 12.9. The fraction of sp³-hybridized carbons (Fsp3) is 0.300. The molecule has 2 aromatic heterocycles. The number of hydrogen-bond acceptors (Lipinski definition) is 3. The lowest BCUT2D eigenvalue weighted by Gasteiger charge is -2.36. The number of benzene rings is 1. The predicted octanol–water partition coefficient (Wildman–Crippen LogP) is 4.33. The van der Waals surface area contributed by atoms with Crippen molar-refractivity contribution in [1.82, 2.24) is 14.3 Å². The molecule has 1 fully saturated rings. The highest BCUT2D eigenvalue weighted by atomic mass is 79.9. The van der Waals surface area contributed by atoms with Gasteiger partial charge in [0, 0.05) is 47.6 Å². The summed E-state index contributed by atoms with van der Waals surface area (Å²) in [6.07, 6.45) is 1.91. The molecule has 1 aliphatic heterocycles. The van der Waals surface area contributed by atoms with Crippen LogP contribution in [-0.4, -0.2) is 46.4 Å². The number of fused-ring (bicyclic) bond motifs is 1. The van der Waals surface area contributed by atoms with Gasteiger partial charge in [-0.3, -0.25) is 9.20 Å². The van der Waals surface area contributed by atoms with E-state index in [9.17, 15) is 4.79 Å². The highest BCUT2D eigenvalue weighted by Gasteiger charge is 2.26. The summed E-state index contributed by atoms with van der Waals surface area (Å²) >= 11 is 9.62. The van der Waals surface area contributed by atoms with Gasteiger partial charge in [0.25, 0.3) is 5.91 Å². The van der Waals surface area contributed by atoms with Gasteiger partial charge in [-0.1, -0.05) is 17.7 Å². The van der Waals surface area contributed by atoms with E-state index in [1.807, 2.05) is 53.6 Å². The van der Waals surface area contributed by atoms with Crippen LogP contribution in [0, 0.1) is 13.8 Å². The number of halogens is 2. The fourth-order valence-corrected chi connectivity index (χ4v) is 4.36. The van der Waals surface area contributed by atoms with Gasteiger partial charge >= 0.3 is 0 Å². The van der Waals surface area contributed by atoms with Gasteiger partial charge in [-0.15, -0.1) is 0 Å². The van der Waals surface area contributed by atoms with Crippen LogP contribution < -0.4 is 4.90 Å². The van der Waals surface area contributed by atoms with E-state index in [0.717, 1.165) is 45.2 Å². The summed E-state index contributed by atoms with van der Waals surface area (Å²) < 4.78 is 2.84. The quantitative estimate of drug-likeness (QED) is 0.587. The monoisotopic (exact) mass is 446 g/mol. The van der Waals surface area contributed by atoms with Crippen LogP contribution in [0.15, 0.2) is 41.0 Å². The van der Waals surface area contributed by atoms with Crippen molar-refractivity contribution in [2.24, 2.45) is 0 Å². The van der Waals surface area contributed by atoms with Crippen molar-refractivity contribution < 1.29 is 4.79 Å². The first-order valence-corrected chi connectivity index (χ1v) is 10.1. The molecule has 0 spiro atoms. The Balaban J connectivity index is 1.57. The molecule has 1 amide bonds. The molecule has 27 heavy (non-hydrogen) atoms. The summed E-state index contributed by atoms with van der Waals surface area (Å²) in [5.74, 6) is 0.0308. The summed E-state index contributed by atoms with van der Waals surface area (Å²) in [5.41, 5.74) is 4.37. The Morgan fingerprint density at radius 2 is 1.89 bits per heavy atom. The van der Waals surface area contributed by atoms with Crippen molar-refractivity contribution in [3.05, 3.63) is 63.0 Å². The second kappa shape index (κ2) is 7.17. The molecule has 4 rings (SSSR count). The van der Waals surface area contributed by atoms with Gasteiger partial charge in [-0.05, 0) is 59.6 Å². The van der Waals surface area contributed by atoms with Crippen molar-refractivity contribution in [3.8, 4) is 0 Å². The lowest BCUT2D eigenvalue weighted by atomic mass is 10.2. The number of piperazine rings is 1. The summed E-state index contributed by atoms with van der Waals surface area (Å²) in [7, 11) is 0. The van der Waals surface area contributed by atoms with Crippen LogP contribution >= 0.6 is 27.5 Å². The second-order valence-electron chi connectivity index (χ2n) is 6.84. The molecule has 0 atom stereocenters. The maximum Gasteiger partial charge on any atom is 0.272 e. The van der Waals surface area contributed by atoms with Crippen molar-refractivity contribution in [2.45, 2.75) is 13.8 Å². The Bertz CT molecular complexity index is 1020. The van der Waals surface area contributed by atoms with Crippen LogP contribution in [0.5, 0.6) is 0 Å². The average Bonchev–Trinajstić information content (AvgIpc) is 2.97. The smallest absolute Gasteiger partial charge is 0.272 e. The van der Waals surface area contributed by atoms with Gasteiger partial charge in [0.1, 0.15) is 11.3 Å². The maximum absolute atomic E-state index is 13.2. The Hall–Kier alpha value is -2.05. The largest absolute Gasteiger partial charge is 0.368 e. The van der Waals surface area contributed by atoms with E-state index >= 15 is 0 Å². The Morgan fingerprint density at radius 1 is 1.15 bits per heavy atom. The number of carbonyl (C=O) groups excluding carboxylic acids is 1. The number of aryl methyl sites for hydroxylation is 2. The minimum absolute atomic E-state index is 0.0308. The van der Waals surface area contributed by atoms with E-state index in [4.69, 9.17) is 11.6 Å². The van der Waals surface area contributed by atoms with Crippen molar-refractivity contribution in [2.75, 3.05) is 31.1 Å². The zero-order chi connectivity index (χ0) is 19.1. The average molecular weight is 448 g/mol. The minimum atomic E-state index is 0.0308. The summed E-state index contributed by atoms with van der Waals surface area (Å²) in [5, 5.41) is 0.730. The van der Waals surface area contributed by atoms with E-state index in [1.54, 1.807) is 0 Å². The molecule has 5 nitrogen and oxygen atoms in total. The van der Waals surface area contributed by atoms with Crippen LogP contribution in [0.2, 0.25) is 5.02 Å². The molecular formula is C20H20BrClN4O. The van der Waals surface area contributed by atoms with Crippen molar-refractivity contribution in [1.29, 1.82) is 0 Å². The van der Waals surface area contributed by atoms with Crippen LogP contribution in [0.4, 0.5) is 5.69 Å². The van der Waals surface area contributed by atoms with Gasteiger partial charge in [0.15, 0.2) is 0 Å². The molecule has 0 aliphatic carbocycles. The third-order valence-corrected chi connectivity index (χ3v) is 5.66. The highest BCUT2D eigenvalue weighted by Crippen LogP contribution is 2.24. The number of aromatic nitrogens is 2. The molecular weight excluding hydrogens is 428 g/mol. The number of hydrogen-bond donors (Lipinski definition) is 0. The molecule has 0 saturated carbocycles. The standard InChI is InChI=1S/C20H20BrClN4O/c1-13-10-15(21)12-26-18(14(2)23-19(13)26)20(27)25-8-6-24(7-9-25)17-5-3-4-16(22)11-17/h3-5,10-12H,6-9H2,1-2H3. The van der Waals surface area contributed by atoms with E-state index in [0.29, 0.717) is 18.8 Å². The van der Waals surface area contributed by atoms with Crippen molar-refractivity contribution in [3.63, 3.8) is 0 Å². The lowest BCUT2D eigenvalue weighted by molar-refractivity contribution is 0.0739. The van der Waals surface area contributed by atoms with Gasteiger partial charge in [-0.25, -0.2) is 4.98 Å². The molecule has 0 bridgehead atoms. The first kappa shape index (κ1) is 18.3. The third kappa shape index (κ3) is 3.44. The molecule has 1 saturated heterocycles. The fourth-order valence-electron chi connectivity index (χ4n) is 3.63. The van der Waals surface area contributed by atoms with E-state index < -0.39 is 0 Å². The van der Waals surface area contributed by atoms with Gasteiger partial charge in [0.05, 0.1) is 5.69 Å². The van der Waals surface area contributed by atoms with Crippen LogP contribution in [0.1, 0.15) is 21.7 Å². The van der Waals surface area contributed by atoms with E-state index in [1.165, 1.54) is 0 Å². The van der Waals surface area contributed by atoms with E-state index in [-0.39, 0.29) is 5.91 Å². The maximum atomic E-state index is 13.2. The molecule has 3 aromatic rings. The zero-order valence-corrected chi connectivity index (χ0v) is 17.6. The summed E-state index contributed by atoms with van der Waals surface area (Å²) in [6, 6.07) is 9.86. The van der Waals surface area contributed by atoms with Crippen LogP contribution in [0.3, 0.4) is 0 Å². The molecule has 0 radical (unpaired) electrons. The number of nitrogens with zero attached hydrogens (tertiary/aromatic N) is 4. The van der Waals surface area contributed by atoms with Gasteiger partial charge in [-0.2, -0.15) is 0 Å². The van der Waals surface area contributed by atoms with Crippen LogP contribution in [0.25, 0.3) is 5.65 Å². The van der Waals surface area contributed by atoms with Gasteiger partial charge in [0.2, 0.25) is 0 Å². The van der Waals surface area contributed by atoms with Gasteiger partial charge < -0.3 is 9.80 Å². The molecule has 1 aliphatic rings. The zero-order valence-electron chi connectivity index (χ0n) is 15.2. The summed E-state index contributed by atoms with van der Waals surface area (Å²) in [6.45, 7) is 6.81. The lowest BCUT2D eigenvalue weighted by Crippen LogP contribution is -2.49. The Kier molecular flexibility index (Phi) is 4.86. The number of carbonyl (C=O) groups is 1.